The summed E-state index contributed by atoms with van der Waals surface area (Å²) in [4.78, 5) is 54.1. The molecule has 4 atom stereocenters. The van der Waals surface area contributed by atoms with E-state index in [0.717, 1.165) is 32.1 Å². The number of nitrogens with one attached hydrogen (secondary N) is 1. The highest BCUT2D eigenvalue weighted by Gasteiger charge is 2.53. The minimum absolute atomic E-state index is 0.181. The van der Waals surface area contributed by atoms with Gasteiger partial charge in [0.25, 0.3) is 0 Å². The van der Waals surface area contributed by atoms with Crippen molar-refractivity contribution in [3.05, 3.63) is 35.6 Å². The van der Waals surface area contributed by atoms with E-state index in [1.54, 1.807) is 49.9 Å². The Kier molecular flexibility index (Phi) is 9.74. The molecule has 246 valence electrons. The van der Waals surface area contributed by atoms with Gasteiger partial charge >= 0.3 is 12.1 Å². The number of carbonyl (C=O) groups excluding carboxylic acids is 3. The van der Waals surface area contributed by atoms with Crippen molar-refractivity contribution < 1.29 is 37.8 Å². The zero-order valence-electron chi connectivity index (χ0n) is 26.4. The fraction of sp³-hybridized carbons (Fsp3) is 0.647. The highest BCUT2D eigenvalue weighted by Crippen LogP contribution is 2.50. The van der Waals surface area contributed by atoms with Crippen LogP contribution in [-0.4, -0.2) is 58.2 Å². The number of rotatable bonds is 8. The highest BCUT2D eigenvalue weighted by molar-refractivity contribution is 5.97. The Morgan fingerprint density at radius 1 is 1.07 bits per heavy atom. The van der Waals surface area contributed by atoms with Gasteiger partial charge in [-0.25, -0.2) is 14.0 Å². The van der Waals surface area contributed by atoms with Gasteiger partial charge in [0.05, 0.1) is 12.1 Å². The molecule has 1 aliphatic heterocycles. The first kappa shape index (κ1) is 32.8. The van der Waals surface area contributed by atoms with E-state index in [9.17, 15) is 28.7 Å². The van der Waals surface area contributed by atoms with Crippen LogP contribution in [0.1, 0.15) is 107 Å². The van der Waals surface area contributed by atoms with Crippen LogP contribution in [0, 0.1) is 23.7 Å². The molecule has 3 amide bonds. The largest absolute Gasteiger partial charge is 0.475 e. The molecule has 3 fully saturated rings. The lowest BCUT2D eigenvalue weighted by Gasteiger charge is -2.38. The lowest BCUT2D eigenvalue weighted by atomic mass is 9.75. The second-order valence-corrected chi connectivity index (χ2v) is 14.1. The standard InChI is InChI=1S/C34H46FN3O7/c1-34(2,3)45-33(43)37-24(18-35)20-13-15-21(16-14-20)31(40)38-25(17-23(28(38)30(36)39)19-9-5-4-6-10-19)27-22-11-7-8-12-26(22)44-29(27)32(41)42/h7-8,11-12,19-21,23-25,28H,4-6,9-10,13-18H2,1-3H3,(H2,36,39)(H,37,43)(H,41,42)/t20?,21?,23-,24?,25?,28-/m0/s1. The molecule has 0 radical (unpaired) electrons. The summed E-state index contributed by atoms with van der Waals surface area (Å²) in [5, 5.41) is 13.4. The topological polar surface area (TPSA) is 152 Å². The normalized spacial score (nSPS) is 26.8. The Morgan fingerprint density at radius 3 is 2.33 bits per heavy atom. The first-order valence-corrected chi connectivity index (χ1v) is 16.3. The Morgan fingerprint density at radius 2 is 1.73 bits per heavy atom. The van der Waals surface area contributed by atoms with Crippen molar-refractivity contribution in [2.75, 3.05) is 6.67 Å². The molecule has 10 nitrogen and oxygen atoms in total. The van der Waals surface area contributed by atoms with Gasteiger partial charge in [-0.2, -0.15) is 0 Å². The Hall–Kier alpha value is -3.63. The summed E-state index contributed by atoms with van der Waals surface area (Å²) in [5.74, 6) is -2.92. The van der Waals surface area contributed by atoms with E-state index in [1.165, 1.54) is 0 Å². The van der Waals surface area contributed by atoms with Gasteiger partial charge in [0.2, 0.25) is 17.6 Å². The molecule has 5 rings (SSSR count). The zero-order chi connectivity index (χ0) is 32.5. The lowest BCUT2D eigenvalue weighted by molar-refractivity contribution is -0.145. The SMILES string of the molecule is CC(C)(C)OC(=O)NC(CF)C1CCC(C(=O)N2C(c3c(C(=O)O)oc4ccccc34)C[C@@H](C3CCCCC3)[C@H]2C(N)=O)CC1. The highest BCUT2D eigenvalue weighted by atomic mass is 19.1. The molecule has 1 saturated heterocycles. The smallest absolute Gasteiger partial charge is 0.407 e. The number of para-hydroxylation sites is 1. The van der Waals surface area contributed by atoms with E-state index in [4.69, 9.17) is 14.9 Å². The van der Waals surface area contributed by atoms with Gasteiger partial charge in [0, 0.05) is 16.9 Å². The third-order valence-corrected chi connectivity index (χ3v) is 10.1. The van der Waals surface area contributed by atoms with E-state index in [2.05, 4.69) is 5.32 Å². The van der Waals surface area contributed by atoms with Gasteiger partial charge in [-0.1, -0.05) is 50.3 Å². The predicted molar refractivity (Wildman–Crippen MR) is 165 cm³/mol. The molecule has 45 heavy (non-hydrogen) atoms. The number of carboxylic acid groups (broad SMARTS) is 1. The van der Waals surface area contributed by atoms with Crippen LogP contribution < -0.4 is 11.1 Å². The molecule has 2 heterocycles. The van der Waals surface area contributed by atoms with Crippen LogP contribution in [0.4, 0.5) is 9.18 Å². The number of hydrogen-bond acceptors (Lipinski definition) is 6. The summed E-state index contributed by atoms with van der Waals surface area (Å²) >= 11 is 0. The van der Waals surface area contributed by atoms with Crippen LogP contribution in [0.25, 0.3) is 11.0 Å². The van der Waals surface area contributed by atoms with Gasteiger partial charge in [-0.3, -0.25) is 9.59 Å². The van der Waals surface area contributed by atoms with Gasteiger partial charge in [-0.05, 0) is 76.7 Å². The second kappa shape index (κ2) is 13.4. The van der Waals surface area contributed by atoms with Gasteiger partial charge in [0.15, 0.2) is 0 Å². The number of amides is 3. The summed E-state index contributed by atoms with van der Waals surface area (Å²) < 4.78 is 25.2. The van der Waals surface area contributed by atoms with Crippen molar-refractivity contribution in [2.24, 2.45) is 29.4 Å². The van der Waals surface area contributed by atoms with E-state index in [1.807, 2.05) is 0 Å². The van der Waals surface area contributed by atoms with Crippen LogP contribution >= 0.6 is 0 Å². The maximum absolute atomic E-state index is 14.5. The molecular formula is C34H46FN3O7. The minimum atomic E-state index is -1.24. The van der Waals surface area contributed by atoms with E-state index >= 15 is 0 Å². The van der Waals surface area contributed by atoms with E-state index in [-0.39, 0.29) is 29.4 Å². The number of nitrogens with zero attached hydrogens (tertiary/aromatic N) is 1. The van der Waals surface area contributed by atoms with Gasteiger partial charge < -0.3 is 30.2 Å². The molecule has 4 N–H and O–H groups in total. The number of aromatic carboxylic acids is 1. The number of nitrogens with two attached hydrogens (primary N) is 1. The number of hydrogen-bond donors (Lipinski definition) is 3. The van der Waals surface area contributed by atoms with Crippen molar-refractivity contribution in [2.45, 2.75) is 109 Å². The van der Waals surface area contributed by atoms with Crippen molar-refractivity contribution in [3.63, 3.8) is 0 Å². The second-order valence-electron chi connectivity index (χ2n) is 14.1. The van der Waals surface area contributed by atoms with Crippen molar-refractivity contribution in [3.8, 4) is 0 Å². The third-order valence-electron chi connectivity index (χ3n) is 10.1. The number of furan rings is 1. The van der Waals surface area contributed by atoms with Crippen molar-refractivity contribution in [1.29, 1.82) is 0 Å². The fourth-order valence-corrected chi connectivity index (χ4v) is 8.08. The molecule has 11 heteroatoms. The molecule has 0 spiro atoms. The minimum Gasteiger partial charge on any atom is -0.475 e. The maximum Gasteiger partial charge on any atom is 0.407 e. The lowest BCUT2D eigenvalue weighted by Crippen LogP contribution is -2.51. The molecule has 2 aliphatic carbocycles. The van der Waals surface area contributed by atoms with Crippen LogP contribution in [0.15, 0.2) is 28.7 Å². The number of benzene rings is 1. The number of carboxylic acids is 1. The van der Waals surface area contributed by atoms with Crippen LogP contribution in [-0.2, 0) is 14.3 Å². The molecule has 3 aliphatic rings. The van der Waals surface area contributed by atoms with E-state index < -0.39 is 54.3 Å². The molecule has 2 saturated carbocycles. The fourth-order valence-electron chi connectivity index (χ4n) is 8.08. The molecule has 2 aromatic rings. The first-order chi connectivity index (χ1) is 21.4. The monoisotopic (exact) mass is 627 g/mol. The molecule has 1 aromatic heterocycles. The Labute approximate surface area is 263 Å². The number of carbonyl (C=O) groups is 4. The third kappa shape index (κ3) is 6.97. The van der Waals surface area contributed by atoms with Crippen LogP contribution in [0.3, 0.4) is 0 Å². The molecule has 1 aromatic carbocycles. The number of likely N-dealkylation sites (tertiary alicyclic amines) is 1. The van der Waals surface area contributed by atoms with E-state index in [0.29, 0.717) is 48.6 Å². The number of ether oxygens (including phenoxy) is 1. The average molecular weight is 628 g/mol. The van der Waals surface area contributed by atoms with Crippen LogP contribution in [0.2, 0.25) is 0 Å². The Bertz CT molecular complexity index is 1400. The van der Waals surface area contributed by atoms with Crippen molar-refractivity contribution >= 4 is 34.8 Å². The number of alkyl halides is 1. The van der Waals surface area contributed by atoms with Crippen LogP contribution in [0.5, 0.6) is 0 Å². The molecule has 2 unspecified atom stereocenters. The number of fused-ring (bicyclic) bond motifs is 1. The van der Waals surface area contributed by atoms with Crippen molar-refractivity contribution in [1.82, 2.24) is 10.2 Å². The quantitative estimate of drug-likeness (QED) is 0.319. The summed E-state index contributed by atoms with van der Waals surface area (Å²) in [6, 6.07) is 4.75. The zero-order valence-corrected chi connectivity index (χ0v) is 26.4. The summed E-state index contributed by atoms with van der Waals surface area (Å²) in [5.41, 5.74) is 6.18. The van der Waals surface area contributed by atoms with Gasteiger partial charge in [0.1, 0.15) is 23.9 Å². The number of halogens is 1. The summed E-state index contributed by atoms with van der Waals surface area (Å²) in [7, 11) is 0. The van der Waals surface area contributed by atoms with Gasteiger partial charge in [-0.15, -0.1) is 0 Å². The first-order valence-electron chi connectivity index (χ1n) is 16.3. The predicted octanol–water partition coefficient (Wildman–Crippen LogP) is 6.12. The number of alkyl carbamates (subject to hydrolysis) is 1. The maximum atomic E-state index is 14.5. The molecule has 0 bridgehead atoms. The summed E-state index contributed by atoms with van der Waals surface area (Å²) in [6.07, 6.45) is 6.70. The average Bonchev–Trinajstić information content (AvgIpc) is 3.59. The molecular weight excluding hydrogens is 581 g/mol. The Balaban J connectivity index is 1.43. The summed E-state index contributed by atoms with van der Waals surface area (Å²) in [6.45, 7) is 4.46. The number of primary amides is 1.